The van der Waals surface area contributed by atoms with Crippen molar-refractivity contribution in [2.24, 2.45) is 0 Å². The van der Waals surface area contributed by atoms with Crippen LogP contribution >= 0.6 is 0 Å². The van der Waals surface area contributed by atoms with Gasteiger partial charge in [-0.1, -0.05) is 18.2 Å². The molecule has 0 saturated heterocycles. The number of nitrogens with one attached hydrogen (secondary N) is 2. The fraction of sp³-hybridized carbons (Fsp3) is 0.290. The van der Waals surface area contributed by atoms with Crippen molar-refractivity contribution in [3.8, 4) is 5.69 Å². The van der Waals surface area contributed by atoms with Crippen LogP contribution in [0.2, 0.25) is 0 Å². The average Bonchev–Trinajstić information content (AvgIpc) is 3.02. The maximum atomic E-state index is 14.2. The van der Waals surface area contributed by atoms with Gasteiger partial charge in [-0.2, -0.15) is 0 Å². The second-order valence-electron chi connectivity index (χ2n) is 9.91. The molecule has 46 heavy (non-hydrogen) atoms. The van der Waals surface area contributed by atoms with Gasteiger partial charge in [-0.3, -0.25) is 19.1 Å². The number of benzene rings is 2. The number of carbonyl (C=O) groups excluding carboxylic acids is 3. The summed E-state index contributed by atoms with van der Waals surface area (Å²) in [7, 11) is -2.83. The molecule has 15 heteroatoms. The fourth-order valence-electron chi connectivity index (χ4n) is 4.80. The van der Waals surface area contributed by atoms with E-state index in [2.05, 4.69) is 20.0 Å². The van der Waals surface area contributed by atoms with E-state index in [4.69, 9.17) is 14.2 Å². The average molecular weight is 652 g/mol. The van der Waals surface area contributed by atoms with Gasteiger partial charge in [0.25, 0.3) is 5.56 Å². The monoisotopic (exact) mass is 651 g/mol. The summed E-state index contributed by atoms with van der Waals surface area (Å²) < 4.78 is 44.8. The molecule has 0 fully saturated rings. The molecular formula is C31H33N5O9S. The third-order valence-corrected chi connectivity index (χ3v) is 8.32. The van der Waals surface area contributed by atoms with Gasteiger partial charge in [0, 0.05) is 12.4 Å². The summed E-state index contributed by atoms with van der Waals surface area (Å²) in [6.45, 7) is 4.32. The van der Waals surface area contributed by atoms with E-state index in [9.17, 15) is 27.6 Å². The summed E-state index contributed by atoms with van der Waals surface area (Å²) >= 11 is 0. The van der Waals surface area contributed by atoms with Crippen molar-refractivity contribution in [2.45, 2.75) is 38.7 Å². The van der Waals surface area contributed by atoms with E-state index >= 15 is 0 Å². The molecule has 0 saturated carbocycles. The number of amides is 1. The molecule has 0 bridgehead atoms. The standard InChI is InChI=1S/C31H33N5O9S/c1-5-43-30(39)27-19(2)15-22-28(20(27)3)29(38)36(23-10-6-7-11-24(23)46(41,42)32-4)25(35-22)18-45-31(40)34-13-14-44-26(37)16-21-9-8-12-33-17-21/h6-12,15,17,32H,5,13-14,16,18H2,1-4H3,(H,34,40). The van der Waals surface area contributed by atoms with Crippen LogP contribution < -0.4 is 15.6 Å². The van der Waals surface area contributed by atoms with Crippen molar-refractivity contribution in [2.75, 3.05) is 26.8 Å². The lowest BCUT2D eigenvalue weighted by Crippen LogP contribution is -2.31. The van der Waals surface area contributed by atoms with Crippen LogP contribution in [-0.4, -0.2) is 67.8 Å². The van der Waals surface area contributed by atoms with Crippen LogP contribution in [0.4, 0.5) is 4.79 Å². The summed E-state index contributed by atoms with van der Waals surface area (Å²) in [6.07, 6.45) is 2.26. The van der Waals surface area contributed by atoms with Gasteiger partial charge in [0.15, 0.2) is 12.4 Å². The molecule has 0 radical (unpaired) electrons. The van der Waals surface area contributed by atoms with Gasteiger partial charge in [-0.25, -0.2) is 27.7 Å². The lowest BCUT2D eigenvalue weighted by molar-refractivity contribution is -0.142. The van der Waals surface area contributed by atoms with Crippen molar-refractivity contribution < 1.29 is 37.0 Å². The van der Waals surface area contributed by atoms with E-state index in [1.54, 1.807) is 57.4 Å². The molecular weight excluding hydrogens is 618 g/mol. The number of ether oxygens (including phenoxy) is 3. The van der Waals surface area contributed by atoms with E-state index in [-0.39, 0.29) is 59.1 Å². The number of hydrogen-bond donors (Lipinski definition) is 2. The molecule has 0 atom stereocenters. The first-order valence-corrected chi connectivity index (χ1v) is 15.7. The topological polar surface area (TPSA) is 185 Å². The minimum Gasteiger partial charge on any atom is -0.464 e. The number of aromatic nitrogens is 3. The Morgan fingerprint density at radius 2 is 1.78 bits per heavy atom. The fourth-order valence-corrected chi connectivity index (χ4v) is 5.71. The zero-order valence-electron chi connectivity index (χ0n) is 25.7. The molecule has 242 valence electrons. The van der Waals surface area contributed by atoms with Gasteiger partial charge in [-0.15, -0.1) is 0 Å². The summed E-state index contributed by atoms with van der Waals surface area (Å²) in [5.41, 5.74) is 1.16. The van der Waals surface area contributed by atoms with Crippen LogP contribution in [0.1, 0.15) is 39.8 Å². The highest BCUT2D eigenvalue weighted by molar-refractivity contribution is 7.89. The quantitative estimate of drug-likeness (QED) is 0.130. The largest absolute Gasteiger partial charge is 0.464 e. The Bertz CT molecular complexity index is 1940. The Morgan fingerprint density at radius 1 is 1.02 bits per heavy atom. The molecule has 14 nitrogen and oxygen atoms in total. The minimum atomic E-state index is -4.06. The van der Waals surface area contributed by atoms with Crippen LogP contribution in [0.3, 0.4) is 0 Å². The van der Waals surface area contributed by atoms with Gasteiger partial charge in [0.1, 0.15) is 11.5 Å². The lowest BCUT2D eigenvalue weighted by atomic mass is 9.98. The Kier molecular flexibility index (Phi) is 10.8. The summed E-state index contributed by atoms with van der Waals surface area (Å²) in [6, 6.07) is 10.7. The van der Waals surface area contributed by atoms with Crippen LogP contribution in [0.25, 0.3) is 16.6 Å². The zero-order chi connectivity index (χ0) is 33.4. The highest BCUT2D eigenvalue weighted by Crippen LogP contribution is 2.26. The van der Waals surface area contributed by atoms with Crippen LogP contribution in [0, 0.1) is 13.8 Å². The molecule has 0 unspecified atom stereocenters. The number of fused-ring (bicyclic) bond motifs is 1. The third kappa shape index (κ3) is 7.55. The normalized spacial score (nSPS) is 11.2. The third-order valence-electron chi connectivity index (χ3n) is 6.86. The van der Waals surface area contributed by atoms with Crippen molar-refractivity contribution >= 4 is 39.0 Å². The maximum absolute atomic E-state index is 14.2. The smallest absolute Gasteiger partial charge is 0.407 e. The molecule has 2 heterocycles. The van der Waals surface area contributed by atoms with E-state index in [1.807, 2.05) is 0 Å². The molecule has 2 aromatic carbocycles. The van der Waals surface area contributed by atoms with Crippen LogP contribution in [0.5, 0.6) is 0 Å². The van der Waals surface area contributed by atoms with E-state index in [1.165, 1.54) is 25.2 Å². The first-order valence-electron chi connectivity index (χ1n) is 14.2. The number of rotatable bonds is 12. The molecule has 0 aliphatic rings. The maximum Gasteiger partial charge on any atom is 0.407 e. The number of alkyl carbamates (subject to hydrolysis) is 1. The molecule has 4 rings (SSSR count). The van der Waals surface area contributed by atoms with Gasteiger partial charge in [0.2, 0.25) is 10.0 Å². The van der Waals surface area contributed by atoms with Crippen molar-refractivity contribution in [1.29, 1.82) is 0 Å². The Balaban J connectivity index is 1.64. The highest BCUT2D eigenvalue weighted by atomic mass is 32.2. The van der Waals surface area contributed by atoms with Crippen LogP contribution in [0.15, 0.2) is 64.5 Å². The number of nitrogens with zero attached hydrogens (tertiary/aromatic N) is 3. The van der Waals surface area contributed by atoms with Crippen molar-refractivity contribution in [3.63, 3.8) is 0 Å². The number of aryl methyl sites for hydroxylation is 2. The second kappa shape index (κ2) is 14.8. The number of carbonyl (C=O) groups is 3. The van der Waals surface area contributed by atoms with Gasteiger partial charge in [-0.05, 0) is 68.8 Å². The number of sulfonamides is 1. The molecule has 0 aliphatic carbocycles. The first-order chi connectivity index (χ1) is 22.0. The van der Waals surface area contributed by atoms with E-state index in [0.29, 0.717) is 16.7 Å². The van der Waals surface area contributed by atoms with Gasteiger partial charge in [0.05, 0.1) is 41.7 Å². The van der Waals surface area contributed by atoms with Gasteiger partial charge >= 0.3 is 18.0 Å². The first kappa shape index (κ1) is 33.7. The molecule has 0 spiro atoms. The molecule has 1 amide bonds. The van der Waals surface area contributed by atoms with Crippen molar-refractivity contribution in [1.82, 2.24) is 24.6 Å². The summed E-state index contributed by atoms with van der Waals surface area (Å²) in [4.78, 5) is 59.8. The lowest BCUT2D eigenvalue weighted by Gasteiger charge is -2.19. The number of esters is 2. The molecule has 2 N–H and O–H groups in total. The number of hydrogen-bond acceptors (Lipinski definition) is 11. The van der Waals surface area contributed by atoms with Gasteiger partial charge < -0.3 is 19.5 Å². The molecule has 4 aromatic rings. The second-order valence-corrected chi connectivity index (χ2v) is 11.8. The Morgan fingerprint density at radius 3 is 2.48 bits per heavy atom. The van der Waals surface area contributed by atoms with E-state index in [0.717, 1.165) is 4.57 Å². The number of pyridine rings is 1. The summed E-state index contributed by atoms with van der Waals surface area (Å²) in [5.74, 6) is -1.20. The minimum absolute atomic E-state index is 0.0222. The predicted octanol–water partition coefficient (Wildman–Crippen LogP) is 2.49. The Hall–Kier alpha value is -5.15. The molecule has 0 aliphatic heterocycles. The molecule has 2 aromatic heterocycles. The zero-order valence-corrected chi connectivity index (χ0v) is 26.5. The highest BCUT2D eigenvalue weighted by Gasteiger charge is 2.25. The van der Waals surface area contributed by atoms with Crippen molar-refractivity contribution in [3.05, 3.63) is 93.3 Å². The number of para-hydroxylation sites is 1. The predicted molar refractivity (Wildman–Crippen MR) is 166 cm³/mol. The van der Waals surface area contributed by atoms with Crippen LogP contribution in [-0.2, 0) is 42.1 Å². The summed E-state index contributed by atoms with van der Waals surface area (Å²) in [5, 5.41) is 2.52. The van der Waals surface area contributed by atoms with E-state index < -0.39 is 40.2 Å². The SMILES string of the molecule is CCOC(=O)c1c(C)cc2nc(COC(=O)NCCOC(=O)Cc3cccnc3)n(-c3ccccc3S(=O)(=O)NC)c(=O)c2c1C. The Labute approximate surface area is 264 Å².